The van der Waals surface area contributed by atoms with E-state index in [2.05, 4.69) is 4.98 Å². The van der Waals surface area contributed by atoms with Crippen molar-refractivity contribution in [1.82, 2.24) is 9.88 Å². The van der Waals surface area contributed by atoms with Gasteiger partial charge in [-0.05, 0) is 24.6 Å². The number of carbonyl (C=O) groups excluding carboxylic acids is 1. The Morgan fingerprint density at radius 3 is 2.76 bits per heavy atom. The lowest BCUT2D eigenvalue weighted by atomic mass is 10.3. The van der Waals surface area contributed by atoms with Crippen LogP contribution in [0.4, 0.5) is 0 Å². The number of hydrogen-bond donors (Lipinski definition) is 0. The smallest absolute Gasteiger partial charge is 0.260 e. The quantitative estimate of drug-likeness (QED) is 0.807. The highest BCUT2D eigenvalue weighted by Gasteiger charge is 2.28. The van der Waals surface area contributed by atoms with Crippen molar-refractivity contribution in [3.63, 3.8) is 0 Å². The number of pyridine rings is 1. The summed E-state index contributed by atoms with van der Waals surface area (Å²) in [4.78, 5) is 18.4. The van der Waals surface area contributed by atoms with Crippen LogP contribution in [0.15, 0.2) is 42.6 Å². The second-order valence-electron chi connectivity index (χ2n) is 5.98. The Morgan fingerprint density at radius 2 is 2.04 bits per heavy atom. The van der Waals surface area contributed by atoms with Crippen LogP contribution < -0.4 is 14.2 Å². The normalized spacial score (nSPS) is 16.6. The van der Waals surface area contributed by atoms with E-state index in [1.807, 2.05) is 31.2 Å². The maximum Gasteiger partial charge on any atom is 0.260 e. The summed E-state index contributed by atoms with van der Waals surface area (Å²) in [5.41, 5.74) is 1.09. The lowest BCUT2D eigenvalue weighted by Crippen LogP contribution is -2.34. The van der Waals surface area contributed by atoms with E-state index in [0.29, 0.717) is 30.5 Å². The van der Waals surface area contributed by atoms with Crippen molar-refractivity contribution in [3.8, 4) is 17.4 Å². The van der Waals surface area contributed by atoms with Crippen LogP contribution in [0.2, 0.25) is 0 Å². The fourth-order valence-corrected chi connectivity index (χ4v) is 2.71. The van der Waals surface area contributed by atoms with E-state index in [1.54, 1.807) is 30.3 Å². The summed E-state index contributed by atoms with van der Waals surface area (Å²) in [6.07, 6.45) is 2.52. The highest BCUT2D eigenvalue weighted by atomic mass is 16.5. The second-order valence-corrected chi connectivity index (χ2v) is 5.98. The number of ether oxygens (including phenoxy) is 3. The van der Waals surface area contributed by atoms with E-state index in [4.69, 9.17) is 14.2 Å². The Morgan fingerprint density at radius 1 is 1.24 bits per heavy atom. The van der Waals surface area contributed by atoms with Gasteiger partial charge in [-0.25, -0.2) is 4.98 Å². The van der Waals surface area contributed by atoms with E-state index in [-0.39, 0.29) is 18.6 Å². The highest BCUT2D eigenvalue weighted by molar-refractivity contribution is 5.78. The average Bonchev–Trinajstić information content (AvgIpc) is 3.10. The third-order valence-electron chi connectivity index (χ3n) is 4.09. The Bertz CT molecular complexity index is 718. The summed E-state index contributed by atoms with van der Waals surface area (Å²) in [5.74, 6) is 1.71. The average molecular weight is 342 g/mol. The molecule has 2 aromatic rings. The Balaban J connectivity index is 1.49. The first kappa shape index (κ1) is 17.1. The third-order valence-corrected chi connectivity index (χ3v) is 4.09. The van der Waals surface area contributed by atoms with Gasteiger partial charge in [-0.3, -0.25) is 4.79 Å². The molecule has 1 aromatic carbocycles. The number of para-hydroxylation sites is 2. The number of benzene rings is 1. The summed E-state index contributed by atoms with van der Waals surface area (Å²) in [6, 6.07) is 11.1. The van der Waals surface area contributed by atoms with Gasteiger partial charge in [-0.1, -0.05) is 18.2 Å². The lowest BCUT2D eigenvalue weighted by molar-refractivity contribution is -0.132. The molecule has 1 fully saturated rings. The van der Waals surface area contributed by atoms with E-state index in [0.717, 1.165) is 12.0 Å². The predicted molar refractivity (Wildman–Crippen MR) is 93.1 cm³/mol. The molecule has 1 amide bonds. The van der Waals surface area contributed by atoms with Gasteiger partial charge in [0.15, 0.2) is 18.1 Å². The number of methoxy groups -OCH3 is 1. The molecule has 0 radical (unpaired) electrons. The van der Waals surface area contributed by atoms with Gasteiger partial charge in [-0.15, -0.1) is 0 Å². The first-order chi connectivity index (χ1) is 12.2. The first-order valence-electron chi connectivity index (χ1n) is 8.28. The number of aryl methyl sites for hydroxylation is 1. The Kier molecular flexibility index (Phi) is 5.38. The van der Waals surface area contributed by atoms with Gasteiger partial charge >= 0.3 is 0 Å². The van der Waals surface area contributed by atoms with Crippen molar-refractivity contribution in [2.75, 3.05) is 26.8 Å². The van der Waals surface area contributed by atoms with Crippen LogP contribution in [-0.4, -0.2) is 48.7 Å². The van der Waals surface area contributed by atoms with Crippen LogP contribution in [0.5, 0.6) is 17.4 Å². The van der Waals surface area contributed by atoms with Crippen molar-refractivity contribution in [2.24, 2.45) is 0 Å². The van der Waals surface area contributed by atoms with Crippen molar-refractivity contribution >= 4 is 5.91 Å². The summed E-state index contributed by atoms with van der Waals surface area (Å²) < 4.78 is 16.7. The van der Waals surface area contributed by atoms with Crippen LogP contribution >= 0.6 is 0 Å². The Labute approximate surface area is 147 Å². The van der Waals surface area contributed by atoms with Gasteiger partial charge in [0.05, 0.1) is 13.7 Å². The fraction of sp³-hybridized carbons (Fsp3) is 0.368. The molecule has 0 bridgehead atoms. The molecule has 1 saturated heterocycles. The molecule has 1 aliphatic heterocycles. The fourth-order valence-electron chi connectivity index (χ4n) is 2.71. The van der Waals surface area contributed by atoms with Crippen molar-refractivity contribution in [2.45, 2.75) is 19.4 Å². The number of nitrogens with zero attached hydrogens (tertiary/aromatic N) is 2. The number of amides is 1. The van der Waals surface area contributed by atoms with E-state index < -0.39 is 0 Å². The molecule has 0 N–H and O–H groups in total. The van der Waals surface area contributed by atoms with Gasteiger partial charge in [0.25, 0.3) is 5.91 Å². The van der Waals surface area contributed by atoms with E-state index in [9.17, 15) is 4.79 Å². The summed E-state index contributed by atoms with van der Waals surface area (Å²) in [5, 5.41) is 0. The van der Waals surface area contributed by atoms with Crippen LogP contribution in [0, 0.1) is 6.92 Å². The molecule has 0 aliphatic carbocycles. The molecule has 0 saturated carbocycles. The van der Waals surface area contributed by atoms with Gasteiger partial charge in [0.1, 0.15) is 6.10 Å². The van der Waals surface area contributed by atoms with E-state index >= 15 is 0 Å². The van der Waals surface area contributed by atoms with Crippen molar-refractivity contribution < 1.29 is 19.0 Å². The minimum Gasteiger partial charge on any atom is -0.493 e. The van der Waals surface area contributed by atoms with Crippen molar-refractivity contribution in [3.05, 3.63) is 48.2 Å². The maximum atomic E-state index is 12.3. The zero-order chi connectivity index (χ0) is 17.6. The van der Waals surface area contributed by atoms with E-state index in [1.165, 1.54) is 0 Å². The third kappa shape index (κ3) is 4.41. The lowest BCUT2D eigenvalue weighted by Gasteiger charge is -2.18. The van der Waals surface area contributed by atoms with Crippen molar-refractivity contribution in [1.29, 1.82) is 0 Å². The van der Waals surface area contributed by atoms with Crippen LogP contribution in [0.25, 0.3) is 0 Å². The molecule has 1 aliphatic rings. The molecule has 25 heavy (non-hydrogen) atoms. The molecule has 6 nitrogen and oxygen atoms in total. The van der Waals surface area contributed by atoms with Crippen LogP contribution in [0.3, 0.4) is 0 Å². The highest BCUT2D eigenvalue weighted by Crippen LogP contribution is 2.26. The minimum atomic E-state index is -0.0612. The number of likely N-dealkylation sites (tertiary alicyclic amines) is 1. The van der Waals surface area contributed by atoms with Gasteiger partial charge in [0.2, 0.25) is 5.88 Å². The zero-order valence-electron chi connectivity index (χ0n) is 14.5. The first-order valence-corrected chi connectivity index (χ1v) is 8.28. The number of aromatic nitrogens is 1. The molecular weight excluding hydrogens is 320 g/mol. The van der Waals surface area contributed by atoms with Crippen LogP contribution in [-0.2, 0) is 4.79 Å². The molecule has 3 rings (SSSR count). The Hall–Kier alpha value is -2.76. The minimum absolute atomic E-state index is 0.0180. The standard InChI is InChI=1S/C19H22N2O4/c1-14-7-8-18(20-11-14)25-15-9-10-21(12-15)19(22)13-24-17-6-4-3-5-16(17)23-2/h3-8,11,15H,9-10,12-13H2,1-2H3. The number of hydrogen-bond acceptors (Lipinski definition) is 5. The monoisotopic (exact) mass is 342 g/mol. The van der Waals surface area contributed by atoms with Gasteiger partial charge < -0.3 is 19.1 Å². The van der Waals surface area contributed by atoms with Crippen LogP contribution in [0.1, 0.15) is 12.0 Å². The second kappa shape index (κ2) is 7.88. The zero-order valence-corrected chi connectivity index (χ0v) is 14.5. The molecule has 0 spiro atoms. The number of rotatable bonds is 6. The molecule has 2 heterocycles. The molecule has 1 unspecified atom stereocenters. The molecule has 1 atom stereocenters. The summed E-state index contributed by atoms with van der Waals surface area (Å²) in [7, 11) is 1.57. The van der Waals surface area contributed by atoms with Gasteiger partial charge in [-0.2, -0.15) is 0 Å². The maximum absolute atomic E-state index is 12.3. The molecular formula is C19H22N2O4. The predicted octanol–water partition coefficient (Wildman–Crippen LogP) is 2.46. The topological polar surface area (TPSA) is 60.9 Å². The SMILES string of the molecule is COc1ccccc1OCC(=O)N1CCC(Oc2ccc(C)cn2)C1. The summed E-state index contributed by atoms with van der Waals surface area (Å²) in [6.45, 7) is 3.17. The summed E-state index contributed by atoms with van der Waals surface area (Å²) >= 11 is 0. The van der Waals surface area contributed by atoms with Gasteiger partial charge in [0, 0.05) is 25.2 Å². The largest absolute Gasteiger partial charge is 0.493 e. The molecule has 6 heteroatoms. The number of carbonyl (C=O) groups is 1. The molecule has 132 valence electrons. The molecule has 1 aromatic heterocycles.